The summed E-state index contributed by atoms with van der Waals surface area (Å²) in [4.78, 5) is 17.9. The third-order valence-electron chi connectivity index (χ3n) is 3.36. The number of carbonyl (C=O) groups excluding carboxylic acids is 1. The summed E-state index contributed by atoms with van der Waals surface area (Å²) in [6.45, 7) is 8.68. The van der Waals surface area contributed by atoms with Gasteiger partial charge in [-0.25, -0.2) is 9.78 Å². The van der Waals surface area contributed by atoms with Gasteiger partial charge < -0.3 is 9.64 Å². The zero-order valence-corrected chi connectivity index (χ0v) is 12.0. The molecule has 4 heteroatoms. The van der Waals surface area contributed by atoms with E-state index in [9.17, 15) is 4.79 Å². The maximum Gasteiger partial charge on any atom is 0.338 e. The van der Waals surface area contributed by atoms with Crippen molar-refractivity contribution in [3.8, 4) is 0 Å². The number of methoxy groups -OCH3 is 1. The maximum absolute atomic E-state index is 11.5. The molecule has 0 saturated heterocycles. The number of hydrogen-bond donors (Lipinski definition) is 0. The Morgan fingerprint density at radius 1 is 1.44 bits per heavy atom. The lowest BCUT2D eigenvalue weighted by molar-refractivity contribution is 0.0600. The molecule has 0 spiro atoms. The summed E-state index contributed by atoms with van der Waals surface area (Å²) in [6.07, 6.45) is 1.63. The van der Waals surface area contributed by atoms with E-state index < -0.39 is 0 Å². The van der Waals surface area contributed by atoms with Gasteiger partial charge in [-0.1, -0.05) is 20.8 Å². The second kappa shape index (κ2) is 5.38. The van der Waals surface area contributed by atoms with Gasteiger partial charge >= 0.3 is 5.97 Å². The SMILES string of the molecule is COC(=O)c1ccnc(N(C)C(C)C(C)(C)C)c1. The fraction of sp³-hybridized carbons (Fsp3) is 0.571. The van der Waals surface area contributed by atoms with Crippen molar-refractivity contribution in [3.05, 3.63) is 23.9 Å². The van der Waals surface area contributed by atoms with Crippen LogP contribution in [0.5, 0.6) is 0 Å². The molecule has 0 amide bonds. The van der Waals surface area contributed by atoms with E-state index in [-0.39, 0.29) is 11.4 Å². The number of pyridine rings is 1. The number of anilines is 1. The van der Waals surface area contributed by atoms with Crippen LogP contribution in [-0.4, -0.2) is 31.2 Å². The monoisotopic (exact) mass is 250 g/mol. The Morgan fingerprint density at radius 2 is 2.06 bits per heavy atom. The van der Waals surface area contributed by atoms with Crippen LogP contribution >= 0.6 is 0 Å². The first-order valence-electron chi connectivity index (χ1n) is 6.04. The van der Waals surface area contributed by atoms with Crippen LogP contribution in [0.15, 0.2) is 18.3 Å². The first-order chi connectivity index (χ1) is 8.27. The summed E-state index contributed by atoms with van der Waals surface area (Å²) >= 11 is 0. The molecule has 0 saturated carbocycles. The normalized spacial score (nSPS) is 13.0. The zero-order valence-electron chi connectivity index (χ0n) is 12.0. The maximum atomic E-state index is 11.5. The second-order valence-corrected chi connectivity index (χ2v) is 5.55. The number of ether oxygens (including phenoxy) is 1. The summed E-state index contributed by atoms with van der Waals surface area (Å²) in [5.41, 5.74) is 0.660. The topological polar surface area (TPSA) is 42.4 Å². The Morgan fingerprint density at radius 3 is 2.56 bits per heavy atom. The van der Waals surface area contributed by atoms with Gasteiger partial charge in [-0.2, -0.15) is 0 Å². The van der Waals surface area contributed by atoms with Crippen LogP contribution < -0.4 is 4.90 Å². The first-order valence-corrected chi connectivity index (χ1v) is 6.04. The van der Waals surface area contributed by atoms with E-state index in [4.69, 9.17) is 4.74 Å². The molecule has 1 unspecified atom stereocenters. The highest BCUT2D eigenvalue weighted by Gasteiger charge is 2.25. The molecule has 1 aromatic heterocycles. The summed E-state index contributed by atoms with van der Waals surface area (Å²) in [5, 5.41) is 0. The summed E-state index contributed by atoms with van der Waals surface area (Å²) in [7, 11) is 3.36. The Hall–Kier alpha value is -1.58. The molecule has 0 aromatic carbocycles. The van der Waals surface area contributed by atoms with Crippen molar-refractivity contribution in [2.24, 2.45) is 5.41 Å². The van der Waals surface area contributed by atoms with Gasteiger partial charge in [0.05, 0.1) is 12.7 Å². The minimum Gasteiger partial charge on any atom is -0.465 e. The van der Waals surface area contributed by atoms with Crippen LogP contribution in [0.2, 0.25) is 0 Å². The molecule has 0 bridgehead atoms. The predicted octanol–water partition coefficient (Wildman–Crippen LogP) is 2.74. The van der Waals surface area contributed by atoms with Crippen LogP contribution in [-0.2, 0) is 4.74 Å². The number of hydrogen-bond acceptors (Lipinski definition) is 4. The molecule has 100 valence electrons. The van der Waals surface area contributed by atoms with E-state index >= 15 is 0 Å². The number of carbonyl (C=O) groups is 1. The van der Waals surface area contributed by atoms with Crippen LogP contribution in [0.1, 0.15) is 38.1 Å². The van der Waals surface area contributed by atoms with E-state index in [2.05, 4.69) is 37.6 Å². The summed E-state index contributed by atoms with van der Waals surface area (Å²) in [6, 6.07) is 3.72. The molecule has 1 rings (SSSR count). The average molecular weight is 250 g/mol. The third-order valence-corrected chi connectivity index (χ3v) is 3.36. The van der Waals surface area contributed by atoms with Crippen molar-refractivity contribution in [1.29, 1.82) is 0 Å². The lowest BCUT2D eigenvalue weighted by Crippen LogP contribution is -2.39. The van der Waals surface area contributed by atoms with E-state index in [0.29, 0.717) is 11.6 Å². The average Bonchev–Trinajstić information content (AvgIpc) is 2.35. The van der Waals surface area contributed by atoms with Crippen LogP contribution in [0.4, 0.5) is 5.82 Å². The number of nitrogens with zero attached hydrogens (tertiary/aromatic N) is 2. The number of rotatable bonds is 3. The fourth-order valence-corrected chi connectivity index (χ4v) is 1.64. The highest BCUT2D eigenvalue weighted by molar-refractivity contribution is 5.90. The second-order valence-electron chi connectivity index (χ2n) is 5.55. The van der Waals surface area contributed by atoms with E-state index in [1.54, 1.807) is 18.3 Å². The minimum atomic E-state index is -0.338. The molecule has 18 heavy (non-hydrogen) atoms. The highest BCUT2D eigenvalue weighted by atomic mass is 16.5. The smallest absolute Gasteiger partial charge is 0.338 e. The Kier molecular flexibility index (Phi) is 4.33. The molecule has 0 N–H and O–H groups in total. The Labute approximate surface area is 109 Å². The molecule has 0 aliphatic rings. The Balaban J connectivity index is 3.00. The van der Waals surface area contributed by atoms with Crippen molar-refractivity contribution in [3.63, 3.8) is 0 Å². The Bertz CT molecular complexity index is 424. The summed E-state index contributed by atoms with van der Waals surface area (Å²) in [5.74, 6) is 0.441. The third kappa shape index (κ3) is 3.22. The van der Waals surface area contributed by atoms with Crippen molar-refractivity contribution >= 4 is 11.8 Å². The molecule has 0 radical (unpaired) electrons. The van der Waals surface area contributed by atoms with Crippen LogP contribution in [0, 0.1) is 5.41 Å². The van der Waals surface area contributed by atoms with E-state index in [0.717, 1.165) is 5.82 Å². The zero-order chi connectivity index (χ0) is 13.9. The van der Waals surface area contributed by atoms with Crippen molar-refractivity contribution in [2.45, 2.75) is 33.7 Å². The quantitative estimate of drug-likeness (QED) is 0.774. The number of aromatic nitrogens is 1. The highest BCUT2D eigenvalue weighted by Crippen LogP contribution is 2.26. The molecule has 0 aliphatic carbocycles. The van der Waals surface area contributed by atoms with Crippen molar-refractivity contribution < 1.29 is 9.53 Å². The van der Waals surface area contributed by atoms with Crippen LogP contribution in [0.3, 0.4) is 0 Å². The largest absolute Gasteiger partial charge is 0.465 e. The standard InChI is InChI=1S/C14H22N2O2/c1-10(14(2,3)4)16(5)12-9-11(7-8-15-12)13(17)18-6/h7-10H,1-6H3. The van der Waals surface area contributed by atoms with E-state index in [1.807, 2.05) is 7.05 Å². The first kappa shape index (κ1) is 14.5. The van der Waals surface area contributed by atoms with Gasteiger partial charge in [-0.3, -0.25) is 0 Å². The van der Waals surface area contributed by atoms with Gasteiger partial charge in [-0.15, -0.1) is 0 Å². The van der Waals surface area contributed by atoms with E-state index in [1.165, 1.54) is 7.11 Å². The minimum absolute atomic E-state index is 0.137. The van der Waals surface area contributed by atoms with Gasteiger partial charge in [0.15, 0.2) is 0 Å². The fourth-order valence-electron chi connectivity index (χ4n) is 1.64. The molecular formula is C14H22N2O2. The van der Waals surface area contributed by atoms with Gasteiger partial charge in [0.25, 0.3) is 0 Å². The molecule has 0 aliphatic heterocycles. The molecule has 1 aromatic rings. The molecule has 0 fully saturated rings. The lowest BCUT2D eigenvalue weighted by Gasteiger charge is -2.36. The van der Waals surface area contributed by atoms with Crippen molar-refractivity contribution in [1.82, 2.24) is 4.98 Å². The van der Waals surface area contributed by atoms with Gasteiger partial charge in [-0.05, 0) is 24.5 Å². The molecular weight excluding hydrogens is 228 g/mol. The lowest BCUT2D eigenvalue weighted by atomic mass is 9.87. The van der Waals surface area contributed by atoms with Crippen LogP contribution in [0.25, 0.3) is 0 Å². The van der Waals surface area contributed by atoms with Crippen molar-refractivity contribution in [2.75, 3.05) is 19.1 Å². The molecule has 4 nitrogen and oxygen atoms in total. The molecule has 1 heterocycles. The van der Waals surface area contributed by atoms with Gasteiger partial charge in [0.2, 0.25) is 0 Å². The summed E-state index contributed by atoms with van der Waals surface area (Å²) < 4.78 is 4.71. The van der Waals surface area contributed by atoms with Gasteiger partial charge in [0, 0.05) is 19.3 Å². The van der Waals surface area contributed by atoms with Gasteiger partial charge in [0.1, 0.15) is 5.82 Å². The molecule has 1 atom stereocenters. The number of esters is 1. The predicted molar refractivity (Wildman–Crippen MR) is 72.9 cm³/mol.